The van der Waals surface area contributed by atoms with E-state index in [9.17, 15) is 9.59 Å². The van der Waals surface area contributed by atoms with Gasteiger partial charge < -0.3 is 19.3 Å². The van der Waals surface area contributed by atoms with Crippen LogP contribution in [0.3, 0.4) is 0 Å². The summed E-state index contributed by atoms with van der Waals surface area (Å²) in [5.74, 6) is -1.41. The van der Waals surface area contributed by atoms with Crippen LogP contribution in [0.1, 0.15) is 32.3 Å². The van der Waals surface area contributed by atoms with Crippen molar-refractivity contribution in [3.63, 3.8) is 0 Å². The normalized spacial score (nSPS) is 11.1. The van der Waals surface area contributed by atoms with Crippen molar-refractivity contribution in [1.82, 2.24) is 0 Å². The minimum Gasteiger partial charge on any atom is -0.462 e. The summed E-state index contributed by atoms with van der Waals surface area (Å²) >= 11 is 0. The molecule has 1 aromatic rings. The first-order chi connectivity index (χ1) is 11.1. The second kappa shape index (κ2) is 9.97. The number of hydrogen-bond donors (Lipinski definition) is 1. The Bertz CT molecular complexity index is 481. The van der Waals surface area contributed by atoms with E-state index >= 15 is 0 Å². The number of aliphatic hydroxyl groups excluding tert-OH is 1. The van der Waals surface area contributed by atoms with Crippen LogP contribution in [0.15, 0.2) is 30.3 Å². The second-order valence-electron chi connectivity index (χ2n) is 5.02. The smallest absolute Gasteiger partial charge is 0.325 e. The zero-order valence-corrected chi connectivity index (χ0v) is 13.6. The number of esters is 2. The molecule has 6 heteroatoms. The maximum atomic E-state index is 12.2. The average molecular weight is 324 g/mol. The standard InChI is InChI=1S/C17H24O6/c1-3-17(4-2,16(20)23-13-18)15(19)22-11-10-21-12-14-8-6-5-7-9-14/h5-9,18H,3-4,10-13H2,1-2H3. The van der Waals surface area contributed by atoms with Crippen LogP contribution in [0, 0.1) is 5.41 Å². The monoisotopic (exact) mass is 324 g/mol. The maximum absolute atomic E-state index is 12.2. The highest BCUT2D eigenvalue weighted by Crippen LogP contribution is 2.30. The number of ether oxygens (including phenoxy) is 3. The molecule has 128 valence electrons. The number of benzene rings is 1. The van der Waals surface area contributed by atoms with Gasteiger partial charge in [-0.15, -0.1) is 0 Å². The van der Waals surface area contributed by atoms with E-state index in [0.717, 1.165) is 5.56 Å². The molecule has 0 unspecified atom stereocenters. The van der Waals surface area contributed by atoms with E-state index in [4.69, 9.17) is 14.6 Å². The second-order valence-corrected chi connectivity index (χ2v) is 5.02. The van der Waals surface area contributed by atoms with Crippen molar-refractivity contribution in [3.05, 3.63) is 35.9 Å². The number of carbonyl (C=O) groups excluding carboxylic acids is 2. The fourth-order valence-electron chi connectivity index (χ4n) is 2.20. The summed E-state index contributed by atoms with van der Waals surface area (Å²) in [6, 6.07) is 9.64. The highest BCUT2D eigenvalue weighted by molar-refractivity contribution is 5.99. The molecule has 1 rings (SSSR count). The first-order valence-electron chi connectivity index (χ1n) is 7.67. The highest BCUT2D eigenvalue weighted by Gasteiger charge is 2.45. The number of rotatable bonds is 10. The Kier molecular flexibility index (Phi) is 8.29. The van der Waals surface area contributed by atoms with Gasteiger partial charge in [0.15, 0.2) is 12.2 Å². The van der Waals surface area contributed by atoms with Crippen LogP contribution in [0.25, 0.3) is 0 Å². The molecule has 1 aromatic carbocycles. The topological polar surface area (TPSA) is 82.1 Å². The largest absolute Gasteiger partial charge is 0.462 e. The summed E-state index contributed by atoms with van der Waals surface area (Å²) in [5, 5.41) is 8.71. The summed E-state index contributed by atoms with van der Waals surface area (Å²) in [6.45, 7) is 3.37. The van der Waals surface area contributed by atoms with E-state index in [0.29, 0.717) is 6.61 Å². The van der Waals surface area contributed by atoms with Crippen LogP contribution >= 0.6 is 0 Å². The van der Waals surface area contributed by atoms with E-state index in [2.05, 4.69) is 4.74 Å². The lowest BCUT2D eigenvalue weighted by molar-refractivity contribution is -0.178. The van der Waals surface area contributed by atoms with Gasteiger partial charge in [-0.2, -0.15) is 0 Å². The molecular formula is C17H24O6. The van der Waals surface area contributed by atoms with Crippen LogP contribution in [0.5, 0.6) is 0 Å². The SMILES string of the molecule is CCC(CC)(C(=O)OCO)C(=O)OCCOCc1ccccc1. The van der Waals surface area contributed by atoms with Crippen molar-refractivity contribution in [2.24, 2.45) is 5.41 Å². The zero-order valence-electron chi connectivity index (χ0n) is 13.6. The Labute approximate surface area is 136 Å². The zero-order chi connectivity index (χ0) is 17.1. The molecule has 0 aromatic heterocycles. The molecule has 6 nitrogen and oxygen atoms in total. The summed E-state index contributed by atoms with van der Waals surface area (Å²) in [7, 11) is 0. The van der Waals surface area contributed by atoms with E-state index in [1.807, 2.05) is 30.3 Å². The molecule has 0 heterocycles. The van der Waals surface area contributed by atoms with E-state index in [-0.39, 0.29) is 26.1 Å². The van der Waals surface area contributed by atoms with Gasteiger partial charge in [0.1, 0.15) is 6.61 Å². The van der Waals surface area contributed by atoms with Crippen molar-refractivity contribution in [2.45, 2.75) is 33.3 Å². The van der Waals surface area contributed by atoms with E-state index in [1.54, 1.807) is 13.8 Å². The molecule has 0 saturated heterocycles. The fourth-order valence-corrected chi connectivity index (χ4v) is 2.20. The van der Waals surface area contributed by atoms with Crippen molar-refractivity contribution in [2.75, 3.05) is 20.0 Å². The van der Waals surface area contributed by atoms with Crippen LogP contribution in [0.2, 0.25) is 0 Å². The average Bonchev–Trinajstić information content (AvgIpc) is 2.57. The van der Waals surface area contributed by atoms with Gasteiger partial charge in [-0.1, -0.05) is 44.2 Å². The molecule has 0 bridgehead atoms. The summed E-state index contributed by atoms with van der Waals surface area (Å²) in [4.78, 5) is 24.1. The minimum atomic E-state index is -1.37. The third kappa shape index (κ3) is 5.33. The lowest BCUT2D eigenvalue weighted by Crippen LogP contribution is -2.41. The summed E-state index contributed by atoms with van der Waals surface area (Å²) < 4.78 is 15.2. The van der Waals surface area contributed by atoms with Crippen LogP contribution in [0.4, 0.5) is 0 Å². The number of carbonyl (C=O) groups is 2. The maximum Gasteiger partial charge on any atom is 0.325 e. The van der Waals surface area contributed by atoms with Gasteiger partial charge in [0.05, 0.1) is 13.2 Å². The van der Waals surface area contributed by atoms with Crippen LogP contribution in [-0.4, -0.2) is 37.1 Å². The molecule has 0 aliphatic heterocycles. The Hall–Kier alpha value is -1.92. The Morgan fingerprint density at radius 3 is 2.17 bits per heavy atom. The Balaban J connectivity index is 2.42. The predicted octanol–water partition coefficient (Wildman–Crippen LogP) is 2.05. The van der Waals surface area contributed by atoms with Crippen molar-refractivity contribution in [3.8, 4) is 0 Å². The van der Waals surface area contributed by atoms with Gasteiger partial charge in [0.25, 0.3) is 0 Å². The quantitative estimate of drug-likeness (QED) is 0.307. The van der Waals surface area contributed by atoms with Gasteiger partial charge in [0, 0.05) is 0 Å². The summed E-state index contributed by atoms with van der Waals surface area (Å²) in [5.41, 5.74) is -0.343. The molecule has 23 heavy (non-hydrogen) atoms. The predicted molar refractivity (Wildman–Crippen MR) is 83.2 cm³/mol. The molecule has 0 aliphatic carbocycles. The van der Waals surface area contributed by atoms with Crippen LogP contribution in [-0.2, 0) is 30.4 Å². The highest BCUT2D eigenvalue weighted by atomic mass is 16.6. The molecule has 0 saturated carbocycles. The third-order valence-corrected chi connectivity index (χ3v) is 3.76. The lowest BCUT2D eigenvalue weighted by atomic mass is 9.82. The van der Waals surface area contributed by atoms with E-state index < -0.39 is 24.1 Å². The third-order valence-electron chi connectivity index (χ3n) is 3.76. The minimum absolute atomic E-state index is 0.0554. The lowest BCUT2D eigenvalue weighted by Gasteiger charge is -2.26. The first kappa shape index (κ1) is 19.1. The van der Waals surface area contributed by atoms with E-state index in [1.165, 1.54) is 0 Å². The van der Waals surface area contributed by atoms with Crippen molar-refractivity contribution in [1.29, 1.82) is 0 Å². The molecular weight excluding hydrogens is 300 g/mol. The molecule has 0 fully saturated rings. The fraction of sp³-hybridized carbons (Fsp3) is 0.529. The molecule has 0 aliphatic rings. The van der Waals surface area contributed by atoms with Crippen molar-refractivity contribution < 1.29 is 28.9 Å². The molecule has 1 N–H and O–H groups in total. The molecule has 0 radical (unpaired) electrons. The molecule has 0 amide bonds. The van der Waals surface area contributed by atoms with Gasteiger partial charge in [-0.25, -0.2) is 0 Å². The molecule has 0 atom stereocenters. The first-order valence-corrected chi connectivity index (χ1v) is 7.67. The van der Waals surface area contributed by atoms with Crippen LogP contribution < -0.4 is 0 Å². The Morgan fingerprint density at radius 1 is 1.00 bits per heavy atom. The van der Waals surface area contributed by atoms with Gasteiger partial charge in [-0.3, -0.25) is 9.59 Å². The van der Waals surface area contributed by atoms with Crippen molar-refractivity contribution >= 4 is 11.9 Å². The summed E-state index contributed by atoms with van der Waals surface area (Å²) in [6.07, 6.45) is 0.484. The van der Waals surface area contributed by atoms with Gasteiger partial charge >= 0.3 is 11.9 Å². The number of hydrogen-bond acceptors (Lipinski definition) is 6. The Morgan fingerprint density at radius 2 is 1.61 bits per heavy atom. The van der Waals surface area contributed by atoms with Gasteiger partial charge in [0.2, 0.25) is 0 Å². The number of aliphatic hydroxyl groups is 1. The molecule has 0 spiro atoms. The van der Waals surface area contributed by atoms with Gasteiger partial charge in [-0.05, 0) is 18.4 Å².